The molecule has 2 rings (SSSR count). The topological polar surface area (TPSA) is 35.2 Å². The molecule has 20 heavy (non-hydrogen) atoms. The second kappa shape index (κ2) is 5.59. The largest absolute Gasteiger partial charge is 0.494 e. The molecule has 2 N–H and O–H groups in total. The monoisotopic (exact) mass is 277 g/mol. The first-order chi connectivity index (χ1) is 9.43. The molecule has 0 saturated carbocycles. The smallest absolute Gasteiger partial charge is 0.126 e. The van der Waals surface area contributed by atoms with E-state index in [1.54, 1.807) is 31.2 Å². The summed E-state index contributed by atoms with van der Waals surface area (Å²) in [6.45, 7) is 4.20. The Balaban J connectivity index is 2.37. The zero-order valence-corrected chi connectivity index (χ0v) is 11.5. The number of halogens is 2. The summed E-state index contributed by atoms with van der Waals surface area (Å²) in [7, 11) is 0. The van der Waals surface area contributed by atoms with Gasteiger partial charge in [0.25, 0.3) is 0 Å². The van der Waals surface area contributed by atoms with Crippen LogP contribution in [0.2, 0.25) is 0 Å². The molecule has 1 unspecified atom stereocenters. The SMILES string of the molecule is CCOc1ccc(C(C)(N)c2cc(F)cc(F)c2)cc1. The summed E-state index contributed by atoms with van der Waals surface area (Å²) in [6.07, 6.45) is 0. The van der Waals surface area contributed by atoms with Gasteiger partial charge in [-0.3, -0.25) is 0 Å². The van der Waals surface area contributed by atoms with Crippen LogP contribution in [0.4, 0.5) is 8.78 Å². The zero-order chi connectivity index (χ0) is 14.8. The van der Waals surface area contributed by atoms with Gasteiger partial charge in [-0.05, 0) is 49.2 Å². The molecular weight excluding hydrogens is 260 g/mol. The van der Waals surface area contributed by atoms with Crippen LogP contribution in [0, 0.1) is 11.6 Å². The molecule has 0 aliphatic rings. The van der Waals surface area contributed by atoms with Gasteiger partial charge in [-0.1, -0.05) is 12.1 Å². The van der Waals surface area contributed by atoms with Crippen molar-refractivity contribution < 1.29 is 13.5 Å². The van der Waals surface area contributed by atoms with Crippen LogP contribution in [0.15, 0.2) is 42.5 Å². The Morgan fingerprint density at radius 1 is 1.00 bits per heavy atom. The highest BCUT2D eigenvalue weighted by Crippen LogP contribution is 2.29. The van der Waals surface area contributed by atoms with Crippen molar-refractivity contribution in [3.8, 4) is 5.75 Å². The minimum Gasteiger partial charge on any atom is -0.494 e. The van der Waals surface area contributed by atoms with Gasteiger partial charge in [-0.2, -0.15) is 0 Å². The first-order valence-electron chi connectivity index (χ1n) is 6.42. The van der Waals surface area contributed by atoms with Crippen molar-refractivity contribution in [1.82, 2.24) is 0 Å². The molecule has 0 aliphatic heterocycles. The van der Waals surface area contributed by atoms with E-state index >= 15 is 0 Å². The highest BCUT2D eigenvalue weighted by molar-refractivity contribution is 5.39. The Morgan fingerprint density at radius 3 is 2.05 bits per heavy atom. The van der Waals surface area contributed by atoms with E-state index in [1.807, 2.05) is 6.92 Å². The molecule has 2 nitrogen and oxygen atoms in total. The molecule has 0 aromatic heterocycles. The summed E-state index contributed by atoms with van der Waals surface area (Å²) < 4.78 is 32.0. The zero-order valence-electron chi connectivity index (χ0n) is 11.5. The predicted octanol–water partition coefficient (Wildman–Crippen LogP) is 3.59. The van der Waals surface area contributed by atoms with E-state index in [4.69, 9.17) is 10.5 Å². The van der Waals surface area contributed by atoms with Crippen molar-refractivity contribution in [2.75, 3.05) is 6.61 Å². The fourth-order valence-corrected chi connectivity index (χ4v) is 2.08. The molecule has 0 aliphatic carbocycles. The van der Waals surface area contributed by atoms with Gasteiger partial charge in [0.05, 0.1) is 12.1 Å². The first kappa shape index (κ1) is 14.5. The maximum atomic E-state index is 13.3. The van der Waals surface area contributed by atoms with Gasteiger partial charge in [-0.15, -0.1) is 0 Å². The number of hydrogen-bond acceptors (Lipinski definition) is 2. The molecule has 0 saturated heterocycles. The summed E-state index contributed by atoms with van der Waals surface area (Å²) in [5.41, 5.74) is 6.41. The fraction of sp³-hybridized carbons (Fsp3) is 0.250. The summed E-state index contributed by atoms with van der Waals surface area (Å²) in [6, 6.07) is 10.5. The van der Waals surface area contributed by atoms with Gasteiger partial charge < -0.3 is 10.5 Å². The van der Waals surface area contributed by atoms with Crippen LogP contribution in [0.25, 0.3) is 0 Å². The lowest BCUT2D eigenvalue weighted by Gasteiger charge is -2.26. The number of nitrogens with two attached hydrogens (primary N) is 1. The van der Waals surface area contributed by atoms with Crippen LogP contribution in [-0.4, -0.2) is 6.61 Å². The molecular formula is C16H17F2NO. The van der Waals surface area contributed by atoms with Crippen LogP contribution in [-0.2, 0) is 5.54 Å². The third kappa shape index (κ3) is 2.96. The molecule has 1 atom stereocenters. The van der Waals surface area contributed by atoms with Gasteiger partial charge in [0.1, 0.15) is 17.4 Å². The number of ether oxygens (including phenoxy) is 1. The fourth-order valence-electron chi connectivity index (χ4n) is 2.08. The Hall–Kier alpha value is -1.94. The van der Waals surface area contributed by atoms with Crippen molar-refractivity contribution in [2.45, 2.75) is 19.4 Å². The number of rotatable bonds is 4. The minimum absolute atomic E-state index is 0.388. The molecule has 0 amide bonds. The summed E-state index contributed by atoms with van der Waals surface area (Å²) in [5.74, 6) is -0.539. The molecule has 0 bridgehead atoms. The highest BCUT2D eigenvalue weighted by atomic mass is 19.1. The van der Waals surface area contributed by atoms with E-state index in [9.17, 15) is 8.78 Å². The van der Waals surface area contributed by atoms with Gasteiger partial charge in [-0.25, -0.2) is 8.78 Å². The van der Waals surface area contributed by atoms with Crippen molar-refractivity contribution in [2.24, 2.45) is 5.73 Å². The second-order valence-corrected chi connectivity index (χ2v) is 4.82. The van der Waals surface area contributed by atoms with Gasteiger partial charge in [0, 0.05) is 6.07 Å². The van der Waals surface area contributed by atoms with Crippen molar-refractivity contribution in [3.63, 3.8) is 0 Å². The molecule has 4 heteroatoms. The van der Waals surface area contributed by atoms with E-state index in [-0.39, 0.29) is 0 Å². The Kier molecular flexibility index (Phi) is 4.04. The van der Waals surface area contributed by atoms with Crippen molar-refractivity contribution >= 4 is 0 Å². The maximum Gasteiger partial charge on any atom is 0.126 e. The van der Waals surface area contributed by atoms with Crippen LogP contribution in [0.5, 0.6) is 5.75 Å². The van der Waals surface area contributed by atoms with E-state index in [1.165, 1.54) is 12.1 Å². The molecule has 0 fully saturated rings. The van der Waals surface area contributed by atoms with Crippen molar-refractivity contribution in [3.05, 3.63) is 65.2 Å². The lowest BCUT2D eigenvalue weighted by Crippen LogP contribution is -2.34. The van der Waals surface area contributed by atoms with Crippen LogP contribution < -0.4 is 10.5 Å². The molecule has 0 radical (unpaired) electrons. The highest BCUT2D eigenvalue weighted by Gasteiger charge is 2.25. The summed E-state index contributed by atoms with van der Waals surface area (Å²) in [4.78, 5) is 0. The Bertz CT molecular complexity index is 574. The van der Waals surface area contributed by atoms with Gasteiger partial charge in [0.15, 0.2) is 0 Å². The number of benzene rings is 2. The molecule has 2 aromatic rings. The van der Waals surface area contributed by atoms with Crippen molar-refractivity contribution in [1.29, 1.82) is 0 Å². The summed E-state index contributed by atoms with van der Waals surface area (Å²) >= 11 is 0. The quantitative estimate of drug-likeness (QED) is 0.927. The van der Waals surface area contributed by atoms with Crippen LogP contribution >= 0.6 is 0 Å². The molecule has 0 heterocycles. The van der Waals surface area contributed by atoms with E-state index in [2.05, 4.69) is 0 Å². The number of hydrogen-bond donors (Lipinski definition) is 1. The van der Waals surface area contributed by atoms with E-state index in [0.29, 0.717) is 12.2 Å². The maximum absolute atomic E-state index is 13.3. The summed E-state index contributed by atoms with van der Waals surface area (Å²) in [5, 5.41) is 0. The van der Waals surface area contributed by atoms with Gasteiger partial charge in [0.2, 0.25) is 0 Å². The standard InChI is InChI=1S/C16H17F2NO/c1-3-20-15-6-4-11(5-7-15)16(2,19)12-8-13(17)10-14(18)9-12/h4-10H,3,19H2,1-2H3. The van der Waals surface area contributed by atoms with E-state index < -0.39 is 17.2 Å². The van der Waals surface area contributed by atoms with Gasteiger partial charge >= 0.3 is 0 Å². The third-order valence-corrected chi connectivity index (χ3v) is 3.23. The third-order valence-electron chi connectivity index (χ3n) is 3.23. The lowest BCUT2D eigenvalue weighted by molar-refractivity contribution is 0.340. The van der Waals surface area contributed by atoms with E-state index in [0.717, 1.165) is 17.4 Å². The molecule has 0 spiro atoms. The molecule has 106 valence electrons. The Morgan fingerprint density at radius 2 is 1.55 bits per heavy atom. The average Bonchev–Trinajstić information content (AvgIpc) is 2.38. The Labute approximate surface area is 117 Å². The first-order valence-corrected chi connectivity index (χ1v) is 6.42. The predicted molar refractivity (Wildman–Crippen MR) is 74.6 cm³/mol. The van der Waals surface area contributed by atoms with Crippen LogP contribution in [0.3, 0.4) is 0 Å². The van der Waals surface area contributed by atoms with Crippen LogP contribution in [0.1, 0.15) is 25.0 Å². The lowest BCUT2D eigenvalue weighted by atomic mass is 9.85. The second-order valence-electron chi connectivity index (χ2n) is 4.82. The normalized spacial score (nSPS) is 13.8. The average molecular weight is 277 g/mol. The molecule has 2 aromatic carbocycles. The minimum atomic E-state index is -0.978.